The Morgan fingerprint density at radius 1 is 0.976 bits per heavy atom. The third-order valence-corrected chi connectivity index (χ3v) is 10.4. The molecule has 0 aromatic heterocycles. The Morgan fingerprint density at radius 3 is 2.26 bits per heavy atom. The number of carbonyl (C=O) groups excluding carboxylic acids is 1. The van der Waals surface area contributed by atoms with Crippen LogP contribution in [0.4, 0.5) is 13.2 Å². The molecule has 0 saturated heterocycles. The van der Waals surface area contributed by atoms with Gasteiger partial charge in [-0.1, -0.05) is 42.5 Å². The van der Waals surface area contributed by atoms with E-state index in [4.69, 9.17) is 27.9 Å². The molecule has 4 aliphatic rings. The lowest BCUT2D eigenvalue weighted by atomic mass is 9.47. The summed E-state index contributed by atoms with van der Waals surface area (Å²) in [6, 6.07) is 15.3. The summed E-state index contributed by atoms with van der Waals surface area (Å²) >= 11 is 13.8. The molecule has 7 rings (SSSR count). The van der Waals surface area contributed by atoms with Gasteiger partial charge in [0.15, 0.2) is 0 Å². The molecule has 4 bridgehead atoms. The number of ether oxygens (including phenoxy) is 1. The van der Waals surface area contributed by atoms with Crippen molar-refractivity contribution in [2.75, 3.05) is 0 Å². The van der Waals surface area contributed by atoms with E-state index in [1.54, 1.807) is 24.3 Å². The molecular formula is C31H28Cl2F3NO4S. The van der Waals surface area contributed by atoms with Crippen molar-refractivity contribution in [2.45, 2.75) is 71.3 Å². The number of hydrogen-bond donors (Lipinski definition) is 2. The number of carboxylic acid groups (broad SMARTS) is 1. The molecule has 3 aromatic carbocycles. The molecular weight excluding hydrogens is 610 g/mol. The number of carboxylic acids is 1. The monoisotopic (exact) mass is 637 g/mol. The van der Waals surface area contributed by atoms with E-state index in [-0.39, 0.29) is 40.5 Å². The zero-order chi connectivity index (χ0) is 29.9. The van der Waals surface area contributed by atoms with E-state index in [2.05, 4.69) is 5.32 Å². The Morgan fingerprint density at radius 2 is 1.64 bits per heavy atom. The number of carbonyl (C=O) groups is 2. The maximum absolute atomic E-state index is 13.8. The lowest BCUT2D eigenvalue weighted by molar-refractivity contribution is -0.148. The number of benzene rings is 3. The van der Waals surface area contributed by atoms with E-state index in [0.29, 0.717) is 36.6 Å². The van der Waals surface area contributed by atoms with Crippen LogP contribution >= 0.6 is 35.0 Å². The third-order valence-electron chi connectivity index (χ3n) is 8.77. The van der Waals surface area contributed by atoms with Crippen LogP contribution in [-0.2, 0) is 11.4 Å². The molecule has 222 valence electrons. The van der Waals surface area contributed by atoms with Crippen LogP contribution in [0.2, 0.25) is 0 Å². The smallest absolute Gasteiger partial charge is 0.446 e. The molecule has 0 aliphatic heterocycles. The lowest BCUT2D eigenvalue weighted by Crippen LogP contribution is -2.66. The number of halogens is 5. The molecule has 42 heavy (non-hydrogen) atoms. The average Bonchev–Trinajstić information content (AvgIpc) is 2.87. The SMILES string of the molecule is O=C(N[C@H](C(=O)O)C12CC3C[C@@](Cl)(C1)C[C@](Cl)(C3)C2)c1ccc2ccccc2c1OCc1ccc(SC(F)(F)F)cc1. The van der Waals surface area contributed by atoms with E-state index < -0.39 is 38.6 Å². The average molecular weight is 639 g/mol. The molecule has 5 nitrogen and oxygen atoms in total. The fourth-order valence-electron chi connectivity index (χ4n) is 7.80. The number of alkyl halides is 5. The molecule has 1 amide bonds. The Balaban J connectivity index is 1.28. The Hall–Kier alpha value is -2.62. The van der Waals surface area contributed by atoms with Gasteiger partial charge in [0, 0.05) is 25.4 Å². The molecule has 0 spiro atoms. The summed E-state index contributed by atoms with van der Waals surface area (Å²) in [4.78, 5) is 25.4. The lowest BCUT2D eigenvalue weighted by Gasteiger charge is -2.64. The standard InChI is InChI=1S/C31H28Cl2F3NO4S/c32-29-12-19-11-28(15-29,16-30(33,13-19)17-29)25(27(39)40)37-26(38)23-10-7-20-3-1-2-4-22(20)24(23)41-14-18-5-8-21(9-6-18)42-31(34,35)36/h1-10,19,25H,11-17H2,(H,37,38)(H,39,40)/t19?,25-,28?,29-,30+/m1/s1. The number of rotatable bonds is 8. The summed E-state index contributed by atoms with van der Waals surface area (Å²) < 4.78 is 44.3. The Labute approximate surface area is 255 Å². The fourth-order valence-corrected chi connectivity index (χ4v) is 9.89. The summed E-state index contributed by atoms with van der Waals surface area (Å²) in [6.07, 6.45) is 3.78. The number of nitrogens with one attached hydrogen (secondary N) is 1. The summed E-state index contributed by atoms with van der Waals surface area (Å²) in [5.74, 6) is -1.26. The molecule has 2 N–H and O–H groups in total. The topological polar surface area (TPSA) is 75.6 Å². The largest absolute Gasteiger partial charge is 0.487 e. The highest BCUT2D eigenvalue weighted by Crippen LogP contribution is 2.68. The van der Waals surface area contributed by atoms with Gasteiger partial charge in [-0.3, -0.25) is 4.79 Å². The van der Waals surface area contributed by atoms with Crippen molar-refractivity contribution in [1.82, 2.24) is 5.32 Å². The van der Waals surface area contributed by atoms with Gasteiger partial charge in [-0.05, 0) is 85.4 Å². The van der Waals surface area contributed by atoms with Crippen LogP contribution in [0.5, 0.6) is 5.75 Å². The van der Waals surface area contributed by atoms with Gasteiger partial charge in [-0.2, -0.15) is 13.2 Å². The minimum atomic E-state index is -4.39. The van der Waals surface area contributed by atoms with Gasteiger partial charge in [0.25, 0.3) is 5.91 Å². The van der Waals surface area contributed by atoms with Crippen molar-refractivity contribution in [2.24, 2.45) is 11.3 Å². The summed E-state index contributed by atoms with van der Waals surface area (Å²) in [5, 5.41) is 14.6. The van der Waals surface area contributed by atoms with Gasteiger partial charge < -0.3 is 15.2 Å². The minimum Gasteiger partial charge on any atom is -0.487 e. The highest BCUT2D eigenvalue weighted by molar-refractivity contribution is 8.00. The van der Waals surface area contributed by atoms with E-state index in [1.807, 2.05) is 12.1 Å². The molecule has 0 radical (unpaired) electrons. The number of amides is 1. The molecule has 5 atom stereocenters. The Kier molecular flexibility index (Phi) is 7.38. The van der Waals surface area contributed by atoms with Crippen LogP contribution in [0.1, 0.15) is 54.4 Å². The first-order valence-corrected chi connectivity index (χ1v) is 15.2. The van der Waals surface area contributed by atoms with Crippen molar-refractivity contribution in [3.63, 3.8) is 0 Å². The van der Waals surface area contributed by atoms with Gasteiger partial charge in [-0.25, -0.2) is 4.79 Å². The molecule has 3 aromatic rings. The summed E-state index contributed by atoms with van der Waals surface area (Å²) in [5.41, 5.74) is -4.38. The quantitative estimate of drug-likeness (QED) is 0.193. The van der Waals surface area contributed by atoms with Gasteiger partial charge >= 0.3 is 11.5 Å². The molecule has 4 aliphatic carbocycles. The van der Waals surface area contributed by atoms with Gasteiger partial charge in [-0.15, -0.1) is 23.2 Å². The molecule has 4 fully saturated rings. The van der Waals surface area contributed by atoms with Crippen LogP contribution in [0.3, 0.4) is 0 Å². The highest BCUT2D eigenvalue weighted by atomic mass is 35.5. The second-order valence-corrected chi connectivity index (χ2v) is 14.8. The molecule has 11 heteroatoms. The first-order valence-electron chi connectivity index (χ1n) is 13.7. The number of hydrogen-bond acceptors (Lipinski definition) is 4. The third kappa shape index (κ3) is 5.80. The predicted molar refractivity (Wildman–Crippen MR) is 156 cm³/mol. The van der Waals surface area contributed by atoms with Gasteiger partial charge in [0.2, 0.25) is 0 Å². The summed E-state index contributed by atoms with van der Waals surface area (Å²) in [6.45, 7) is -0.0111. The van der Waals surface area contributed by atoms with Crippen LogP contribution < -0.4 is 10.1 Å². The first kappa shape index (κ1) is 29.5. The number of thioether (sulfide) groups is 1. The van der Waals surface area contributed by atoms with E-state index in [9.17, 15) is 27.9 Å². The highest BCUT2D eigenvalue weighted by Gasteiger charge is 2.66. The van der Waals surface area contributed by atoms with Gasteiger partial charge in [0.1, 0.15) is 18.4 Å². The van der Waals surface area contributed by atoms with Crippen molar-refractivity contribution in [3.05, 3.63) is 71.8 Å². The minimum absolute atomic E-state index is 0.0111. The van der Waals surface area contributed by atoms with Crippen molar-refractivity contribution >= 4 is 57.6 Å². The van der Waals surface area contributed by atoms with Gasteiger partial charge in [0.05, 0.1) is 5.56 Å². The normalized spacial score (nSPS) is 28.9. The maximum atomic E-state index is 13.8. The van der Waals surface area contributed by atoms with Crippen molar-refractivity contribution in [1.29, 1.82) is 0 Å². The number of aliphatic carboxylic acids is 1. The second-order valence-electron chi connectivity index (χ2n) is 12.1. The van der Waals surface area contributed by atoms with Crippen LogP contribution in [0, 0.1) is 11.3 Å². The zero-order valence-corrected chi connectivity index (χ0v) is 24.7. The van der Waals surface area contributed by atoms with Crippen molar-refractivity contribution < 1.29 is 32.6 Å². The zero-order valence-electron chi connectivity index (χ0n) is 22.3. The second kappa shape index (κ2) is 10.5. The van der Waals surface area contributed by atoms with Crippen LogP contribution in [-0.4, -0.2) is 38.3 Å². The predicted octanol–water partition coefficient (Wildman–Crippen LogP) is 8.15. The van der Waals surface area contributed by atoms with Crippen LogP contribution in [0.25, 0.3) is 10.8 Å². The maximum Gasteiger partial charge on any atom is 0.446 e. The van der Waals surface area contributed by atoms with Crippen molar-refractivity contribution in [3.8, 4) is 5.75 Å². The summed E-state index contributed by atoms with van der Waals surface area (Å²) in [7, 11) is 0. The Bertz CT molecular complexity index is 1530. The van der Waals surface area contributed by atoms with E-state index in [1.165, 1.54) is 24.3 Å². The molecule has 2 unspecified atom stereocenters. The van der Waals surface area contributed by atoms with E-state index >= 15 is 0 Å². The van der Waals surface area contributed by atoms with E-state index in [0.717, 1.165) is 18.2 Å². The first-order chi connectivity index (χ1) is 19.8. The fraction of sp³-hybridized carbons (Fsp3) is 0.419. The molecule has 4 saturated carbocycles. The molecule has 0 heterocycles. The van der Waals surface area contributed by atoms with Crippen LogP contribution in [0.15, 0.2) is 65.6 Å². The number of fused-ring (bicyclic) bond motifs is 1.